The molecule has 1 aliphatic heterocycles. The van der Waals surface area contributed by atoms with Crippen LogP contribution in [0, 0.1) is 0 Å². The average molecular weight is 208 g/mol. The van der Waals surface area contributed by atoms with Gasteiger partial charge in [0.2, 0.25) is 11.8 Å². The molecule has 0 radical (unpaired) electrons. The van der Waals surface area contributed by atoms with Crippen LogP contribution in [0.4, 0.5) is 0 Å². The normalized spacial score (nSPS) is 16.7. The van der Waals surface area contributed by atoms with Crippen LogP contribution in [0.2, 0.25) is 0 Å². The van der Waals surface area contributed by atoms with Gasteiger partial charge in [0.1, 0.15) is 0 Å². The minimum Gasteiger partial charge on any atom is -0.345 e. The smallest absolute Gasteiger partial charge is 0.242 e. The molecule has 1 N–H and O–H groups in total. The molecule has 0 aliphatic carbocycles. The van der Waals surface area contributed by atoms with E-state index in [1.807, 2.05) is 12.3 Å². The highest BCUT2D eigenvalue weighted by molar-refractivity contribution is 5.92. The van der Waals surface area contributed by atoms with Gasteiger partial charge in [-0.2, -0.15) is 5.10 Å². The number of carbonyl (C=O) groups is 2. The van der Waals surface area contributed by atoms with E-state index in [1.165, 1.54) is 0 Å². The number of amides is 2. The van der Waals surface area contributed by atoms with Crippen molar-refractivity contribution in [2.75, 3.05) is 19.6 Å². The molecule has 0 atom stereocenters. The fourth-order valence-corrected chi connectivity index (χ4v) is 1.46. The minimum atomic E-state index is -0.102. The van der Waals surface area contributed by atoms with Crippen molar-refractivity contribution >= 4 is 11.8 Å². The highest BCUT2D eigenvalue weighted by Crippen LogP contribution is 1.96. The van der Waals surface area contributed by atoms with Gasteiger partial charge in [-0.25, -0.2) is 0 Å². The van der Waals surface area contributed by atoms with Gasteiger partial charge in [-0.3, -0.25) is 14.3 Å². The van der Waals surface area contributed by atoms with Gasteiger partial charge < -0.3 is 10.2 Å². The summed E-state index contributed by atoms with van der Waals surface area (Å²) in [6.45, 7) is 1.40. The zero-order chi connectivity index (χ0) is 10.7. The summed E-state index contributed by atoms with van der Waals surface area (Å²) in [7, 11) is 0. The van der Waals surface area contributed by atoms with Gasteiger partial charge in [-0.05, 0) is 6.07 Å². The quantitative estimate of drug-likeness (QED) is 0.681. The maximum absolute atomic E-state index is 11.4. The van der Waals surface area contributed by atoms with Crippen molar-refractivity contribution < 1.29 is 9.59 Å². The first-order valence-corrected chi connectivity index (χ1v) is 4.77. The lowest BCUT2D eigenvalue weighted by Gasteiger charge is -2.26. The highest BCUT2D eigenvalue weighted by Gasteiger charge is 2.22. The van der Waals surface area contributed by atoms with E-state index in [-0.39, 0.29) is 24.9 Å². The van der Waals surface area contributed by atoms with E-state index in [2.05, 4.69) is 10.4 Å². The van der Waals surface area contributed by atoms with Crippen LogP contribution < -0.4 is 5.32 Å². The molecular formula is C9H12N4O2. The molecular weight excluding hydrogens is 196 g/mol. The van der Waals surface area contributed by atoms with Crippen LogP contribution in [-0.4, -0.2) is 46.1 Å². The Labute approximate surface area is 86.9 Å². The first-order valence-electron chi connectivity index (χ1n) is 4.77. The molecule has 1 saturated heterocycles. The van der Waals surface area contributed by atoms with Crippen molar-refractivity contribution in [3.05, 3.63) is 18.5 Å². The van der Waals surface area contributed by atoms with E-state index >= 15 is 0 Å². The average Bonchev–Trinajstić information content (AvgIpc) is 2.72. The summed E-state index contributed by atoms with van der Waals surface area (Å²) < 4.78 is 1.74. The number of piperazine rings is 1. The van der Waals surface area contributed by atoms with Gasteiger partial charge in [0, 0.05) is 18.9 Å². The first kappa shape index (κ1) is 9.70. The summed E-state index contributed by atoms with van der Waals surface area (Å²) >= 11 is 0. The fourth-order valence-electron chi connectivity index (χ4n) is 1.46. The molecule has 1 aliphatic rings. The van der Waals surface area contributed by atoms with Gasteiger partial charge >= 0.3 is 0 Å². The molecule has 1 fully saturated rings. The molecule has 0 bridgehead atoms. The largest absolute Gasteiger partial charge is 0.345 e. The Morgan fingerprint density at radius 2 is 2.27 bits per heavy atom. The van der Waals surface area contributed by atoms with E-state index < -0.39 is 0 Å². The summed E-state index contributed by atoms with van der Waals surface area (Å²) in [4.78, 5) is 24.0. The monoisotopic (exact) mass is 208 g/mol. The SMILES string of the molecule is O=C1CN(CCn2cccn2)C(=O)CN1. The van der Waals surface area contributed by atoms with Crippen molar-refractivity contribution in [2.45, 2.75) is 6.54 Å². The van der Waals surface area contributed by atoms with E-state index in [1.54, 1.807) is 15.8 Å². The Morgan fingerprint density at radius 3 is 3.00 bits per heavy atom. The van der Waals surface area contributed by atoms with E-state index in [0.29, 0.717) is 13.1 Å². The number of rotatable bonds is 3. The Bertz CT molecular complexity index is 360. The molecule has 6 nitrogen and oxygen atoms in total. The van der Waals surface area contributed by atoms with Crippen molar-refractivity contribution in [3.63, 3.8) is 0 Å². The molecule has 2 amide bonds. The number of nitrogens with one attached hydrogen (secondary N) is 1. The molecule has 0 unspecified atom stereocenters. The van der Waals surface area contributed by atoms with Crippen LogP contribution in [-0.2, 0) is 16.1 Å². The summed E-state index contributed by atoms with van der Waals surface area (Å²) in [5, 5.41) is 6.53. The maximum Gasteiger partial charge on any atom is 0.242 e. The second kappa shape index (κ2) is 4.12. The molecule has 80 valence electrons. The standard InChI is InChI=1S/C9H12N4O2/c14-8-7-12(9(15)6-10-8)4-5-13-3-1-2-11-13/h1-3H,4-7H2,(H,10,14). The molecule has 0 saturated carbocycles. The van der Waals surface area contributed by atoms with E-state index in [4.69, 9.17) is 0 Å². The van der Waals surface area contributed by atoms with Crippen molar-refractivity contribution in [1.82, 2.24) is 20.0 Å². The van der Waals surface area contributed by atoms with Gasteiger partial charge in [0.05, 0.1) is 19.6 Å². The molecule has 2 rings (SSSR count). The molecule has 15 heavy (non-hydrogen) atoms. The first-order chi connectivity index (χ1) is 7.25. The van der Waals surface area contributed by atoms with Gasteiger partial charge in [-0.1, -0.05) is 0 Å². The van der Waals surface area contributed by atoms with Gasteiger partial charge in [-0.15, -0.1) is 0 Å². The Kier molecular flexibility index (Phi) is 2.66. The summed E-state index contributed by atoms with van der Waals surface area (Å²) in [6, 6.07) is 1.82. The summed E-state index contributed by atoms with van der Waals surface area (Å²) in [5.41, 5.74) is 0. The van der Waals surface area contributed by atoms with Crippen LogP contribution in [0.25, 0.3) is 0 Å². The molecule has 1 aromatic rings. The third kappa shape index (κ3) is 2.34. The predicted molar refractivity (Wildman–Crippen MR) is 51.8 cm³/mol. The Morgan fingerprint density at radius 1 is 1.40 bits per heavy atom. The molecule has 0 spiro atoms. The third-order valence-corrected chi connectivity index (χ3v) is 2.28. The molecule has 1 aromatic heterocycles. The Balaban J connectivity index is 1.88. The summed E-state index contributed by atoms with van der Waals surface area (Å²) in [6.07, 6.45) is 3.51. The lowest BCUT2D eigenvalue weighted by molar-refractivity contribution is -0.140. The van der Waals surface area contributed by atoms with Crippen molar-refractivity contribution in [2.24, 2.45) is 0 Å². The number of hydrogen-bond donors (Lipinski definition) is 1. The predicted octanol–water partition coefficient (Wildman–Crippen LogP) is -1.16. The fraction of sp³-hybridized carbons (Fsp3) is 0.444. The topological polar surface area (TPSA) is 67.2 Å². The van der Waals surface area contributed by atoms with Gasteiger partial charge in [0.25, 0.3) is 0 Å². The van der Waals surface area contributed by atoms with Gasteiger partial charge in [0.15, 0.2) is 0 Å². The van der Waals surface area contributed by atoms with Crippen LogP contribution >= 0.6 is 0 Å². The second-order valence-corrected chi connectivity index (χ2v) is 3.36. The number of nitrogens with zero attached hydrogens (tertiary/aromatic N) is 3. The lowest BCUT2D eigenvalue weighted by Crippen LogP contribution is -2.52. The van der Waals surface area contributed by atoms with Crippen LogP contribution in [0.15, 0.2) is 18.5 Å². The Hall–Kier alpha value is -1.85. The number of hydrogen-bond acceptors (Lipinski definition) is 3. The second-order valence-electron chi connectivity index (χ2n) is 3.36. The van der Waals surface area contributed by atoms with E-state index in [0.717, 1.165) is 0 Å². The molecule has 2 heterocycles. The van der Waals surface area contributed by atoms with Crippen molar-refractivity contribution in [3.8, 4) is 0 Å². The minimum absolute atomic E-state index is 0.0400. The van der Waals surface area contributed by atoms with Crippen LogP contribution in [0.3, 0.4) is 0 Å². The number of aromatic nitrogens is 2. The zero-order valence-corrected chi connectivity index (χ0v) is 8.22. The van der Waals surface area contributed by atoms with E-state index in [9.17, 15) is 9.59 Å². The summed E-state index contributed by atoms with van der Waals surface area (Å²) in [5.74, 6) is -0.142. The maximum atomic E-state index is 11.4. The highest BCUT2D eigenvalue weighted by atomic mass is 16.2. The number of carbonyl (C=O) groups excluding carboxylic acids is 2. The zero-order valence-electron chi connectivity index (χ0n) is 8.22. The van der Waals surface area contributed by atoms with Crippen LogP contribution in [0.1, 0.15) is 0 Å². The molecule has 6 heteroatoms. The third-order valence-electron chi connectivity index (χ3n) is 2.28. The van der Waals surface area contributed by atoms with Crippen molar-refractivity contribution in [1.29, 1.82) is 0 Å². The lowest BCUT2D eigenvalue weighted by atomic mass is 10.3. The van der Waals surface area contributed by atoms with Crippen LogP contribution in [0.5, 0.6) is 0 Å². The molecule has 0 aromatic carbocycles.